The van der Waals surface area contributed by atoms with Crippen molar-refractivity contribution in [1.29, 1.82) is 0 Å². The van der Waals surface area contributed by atoms with Crippen molar-refractivity contribution in [3.63, 3.8) is 0 Å². The lowest BCUT2D eigenvalue weighted by Gasteiger charge is -2.10. The van der Waals surface area contributed by atoms with Crippen LogP contribution in [-0.2, 0) is 0 Å². The van der Waals surface area contributed by atoms with Crippen LogP contribution in [0.5, 0.6) is 0 Å². The molecule has 0 unspecified atom stereocenters. The summed E-state index contributed by atoms with van der Waals surface area (Å²) in [5, 5.41) is 7.26. The third-order valence-electron chi connectivity index (χ3n) is 3.02. The van der Waals surface area contributed by atoms with Crippen molar-refractivity contribution in [1.82, 2.24) is 9.97 Å². The molecule has 122 valence electrons. The highest BCUT2D eigenvalue weighted by atomic mass is 35.5. The van der Waals surface area contributed by atoms with Crippen molar-refractivity contribution in [2.45, 2.75) is 0 Å². The highest BCUT2D eigenvalue weighted by Gasteiger charge is 2.04. The molecule has 8 heteroatoms. The number of nitrogen functional groups attached to an aromatic ring is 2. The summed E-state index contributed by atoms with van der Waals surface area (Å²) in [6.45, 7) is 0. The molecule has 1 aromatic heterocycles. The summed E-state index contributed by atoms with van der Waals surface area (Å²) in [6.07, 6.45) is 1.62. The van der Waals surface area contributed by atoms with Gasteiger partial charge < -0.3 is 22.1 Å². The quantitative estimate of drug-likeness (QED) is 0.513. The van der Waals surface area contributed by atoms with E-state index in [1.165, 1.54) is 0 Å². The highest BCUT2D eigenvalue weighted by Crippen LogP contribution is 2.25. The normalized spacial score (nSPS) is 10.4. The first-order valence-electron chi connectivity index (χ1n) is 6.97. The van der Waals surface area contributed by atoms with Gasteiger partial charge in [-0.15, -0.1) is 0 Å². The summed E-state index contributed by atoms with van der Waals surface area (Å²) in [4.78, 5) is 8.55. The molecule has 0 aliphatic carbocycles. The van der Waals surface area contributed by atoms with Gasteiger partial charge in [0.2, 0.25) is 5.95 Å². The Morgan fingerprint density at radius 3 is 1.96 bits per heavy atom. The van der Waals surface area contributed by atoms with Gasteiger partial charge in [-0.3, -0.25) is 0 Å². The van der Waals surface area contributed by atoms with E-state index in [1.54, 1.807) is 48.7 Å². The molecular formula is C16H14Cl2N6. The number of halogens is 2. The molecule has 0 radical (unpaired) electrons. The van der Waals surface area contributed by atoms with E-state index in [0.717, 1.165) is 5.69 Å². The molecule has 1 heterocycles. The third-order valence-corrected chi connectivity index (χ3v) is 3.46. The minimum Gasteiger partial charge on any atom is -0.399 e. The number of nitrogens with two attached hydrogens (primary N) is 2. The van der Waals surface area contributed by atoms with Gasteiger partial charge in [-0.2, -0.15) is 4.98 Å². The van der Waals surface area contributed by atoms with Gasteiger partial charge >= 0.3 is 0 Å². The van der Waals surface area contributed by atoms with Crippen molar-refractivity contribution in [3.8, 4) is 0 Å². The van der Waals surface area contributed by atoms with E-state index in [9.17, 15) is 0 Å². The Morgan fingerprint density at radius 2 is 1.38 bits per heavy atom. The molecule has 0 spiro atoms. The van der Waals surface area contributed by atoms with Crippen LogP contribution in [0.2, 0.25) is 10.0 Å². The van der Waals surface area contributed by atoms with Gasteiger partial charge in [0.1, 0.15) is 5.82 Å². The fraction of sp³-hybridized carbons (Fsp3) is 0. The van der Waals surface area contributed by atoms with Crippen LogP contribution in [0.15, 0.2) is 48.7 Å². The van der Waals surface area contributed by atoms with Gasteiger partial charge in [0.05, 0.1) is 0 Å². The van der Waals surface area contributed by atoms with Crippen LogP contribution < -0.4 is 22.1 Å². The lowest BCUT2D eigenvalue weighted by atomic mass is 10.3. The summed E-state index contributed by atoms with van der Waals surface area (Å²) in [7, 11) is 0. The number of benzene rings is 2. The Bertz CT molecular complexity index is 775. The Morgan fingerprint density at radius 1 is 0.792 bits per heavy atom. The zero-order chi connectivity index (χ0) is 17.1. The van der Waals surface area contributed by atoms with Crippen molar-refractivity contribution >= 4 is 57.7 Å². The van der Waals surface area contributed by atoms with Crippen LogP contribution in [0, 0.1) is 0 Å². The largest absolute Gasteiger partial charge is 0.399 e. The van der Waals surface area contributed by atoms with Crippen molar-refractivity contribution in [2.24, 2.45) is 0 Å². The molecule has 0 saturated heterocycles. The highest BCUT2D eigenvalue weighted by molar-refractivity contribution is 6.31. The van der Waals surface area contributed by atoms with Gasteiger partial charge in [0.15, 0.2) is 0 Å². The van der Waals surface area contributed by atoms with Crippen LogP contribution in [-0.4, -0.2) is 9.97 Å². The molecule has 0 saturated carbocycles. The smallest absolute Gasteiger partial charge is 0.229 e. The van der Waals surface area contributed by atoms with Gasteiger partial charge in [-0.1, -0.05) is 23.2 Å². The zero-order valence-corrected chi connectivity index (χ0v) is 13.9. The first-order valence-corrected chi connectivity index (χ1v) is 7.73. The molecule has 3 aromatic rings. The van der Waals surface area contributed by atoms with E-state index >= 15 is 0 Å². The summed E-state index contributed by atoms with van der Waals surface area (Å²) >= 11 is 12.0. The monoisotopic (exact) mass is 360 g/mol. The van der Waals surface area contributed by atoms with Crippen molar-refractivity contribution in [2.75, 3.05) is 22.1 Å². The van der Waals surface area contributed by atoms with E-state index < -0.39 is 0 Å². The predicted molar refractivity (Wildman–Crippen MR) is 100 cm³/mol. The Labute approximate surface area is 148 Å². The average Bonchev–Trinajstić information content (AvgIpc) is 2.45. The first kappa shape index (κ1) is 16.2. The van der Waals surface area contributed by atoms with E-state index in [0.29, 0.717) is 38.9 Å². The molecule has 3 rings (SSSR count). The average molecular weight is 361 g/mol. The molecular weight excluding hydrogens is 347 g/mol. The lowest BCUT2D eigenvalue weighted by molar-refractivity contribution is 1.17. The van der Waals surface area contributed by atoms with Gasteiger partial charge in [0.25, 0.3) is 0 Å². The summed E-state index contributed by atoms with van der Waals surface area (Å²) in [5.74, 6) is 0.987. The number of aromatic nitrogens is 2. The molecule has 0 aliphatic heterocycles. The van der Waals surface area contributed by atoms with Gasteiger partial charge in [-0.25, -0.2) is 4.98 Å². The second-order valence-electron chi connectivity index (χ2n) is 5.06. The molecule has 0 aliphatic rings. The Hall–Kier alpha value is -2.70. The van der Waals surface area contributed by atoms with Crippen molar-refractivity contribution in [3.05, 3.63) is 58.7 Å². The molecule has 2 aromatic carbocycles. The Kier molecular flexibility index (Phi) is 4.59. The molecule has 0 fully saturated rings. The number of hydrogen-bond acceptors (Lipinski definition) is 6. The van der Waals surface area contributed by atoms with E-state index in [1.807, 2.05) is 0 Å². The van der Waals surface area contributed by atoms with Crippen LogP contribution in [0.25, 0.3) is 0 Å². The second kappa shape index (κ2) is 6.82. The molecule has 0 bridgehead atoms. The van der Waals surface area contributed by atoms with Crippen LogP contribution in [0.3, 0.4) is 0 Å². The third kappa shape index (κ3) is 4.18. The summed E-state index contributed by atoms with van der Waals surface area (Å²) < 4.78 is 0. The molecule has 6 nitrogen and oxygen atoms in total. The van der Waals surface area contributed by atoms with E-state index in [4.69, 9.17) is 34.7 Å². The summed E-state index contributed by atoms with van der Waals surface area (Å²) in [5.41, 5.74) is 14.1. The number of nitrogens with zero attached hydrogens (tertiary/aromatic N) is 2. The standard InChI is InChI=1S/C16H14Cl2N6/c17-9-3-11(19)7-13(5-9)22-15-1-2-21-16(24-15)23-14-6-10(18)4-12(20)8-14/h1-8H,19-20H2,(H2,21,22,23,24). The topological polar surface area (TPSA) is 102 Å². The molecule has 6 N–H and O–H groups in total. The SMILES string of the molecule is Nc1cc(Cl)cc(Nc2ccnc(Nc3cc(N)cc(Cl)c3)n2)c1. The van der Waals surface area contributed by atoms with Crippen LogP contribution in [0.1, 0.15) is 0 Å². The fourth-order valence-corrected chi connectivity index (χ4v) is 2.62. The second-order valence-corrected chi connectivity index (χ2v) is 5.93. The maximum Gasteiger partial charge on any atom is 0.229 e. The fourth-order valence-electron chi connectivity index (χ4n) is 2.13. The van der Waals surface area contributed by atoms with Crippen LogP contribution in [0.4, 0.5) is 34.5 Å². The minimum absolute atomic E-state index is 0.400. The maximum absolute atomic E-state index is 6.00. The number of hydrogen-bond donors (Lipinski definition) is 4. The first-order chi connectivity index (χ1) is 11.5. The lowest BCUT2D eigenvalue weighted by Crippen LogP contribution is -2.01. The number of rotatable bonds is 4. The zero-order valence-electron chi connectivity index (χ0n) is 12.4. The molecule has 0 atom stereocenters. The summed E-state index contributed by atoms with van der Waals surface area (Å²) in [6, 6.07) is 12.1. The Balaban J connectivity index is 1.81. The number of anilines is 6. The number of nitrogens with one attached hydrogen (secondary N) is 2. The maximum atomic E-state index is 6.00. The van der Waals surface area contributed by atoms with E-state index in [-0.39, 0.29) is 0 Å². The van der Waals surface area contributed by atoms with Crippen LogP contribution >= 0.6 is 23.2 Å². The predicted octanol–water partition coefficient (Wildman–Crippen LogP) is 4.44. The van der Waals surface area contributed by atoms with Crippen molar-refractivity contribution < 1.29 is 0 Å². The molecule has 0 amide bonds. The van der Waals surface area contributed by atoms with Gasteiger partial charge in [0, 0.05) is 39.0 Å². The molecule has 24 heavy (non-hydrogen) atoms. The minimum atomic E-state index is 0.400. The van der Waals surface area contributed by atoms with E-state index in [2.05, 4.69) is 20.6 Å². The van der Waals surface area contributed by atoms with Gasteiger partial charge in [-0.05, 0) is 42.5 Å².